The molecule has 0 saturated heterocycles. The number of benzene rings is 3. The Balaban J connectivity index is 1.51. The summed E-state index contributed by atoms with van der Waals surface area (Å²) in [6.07, 6.45) is 3.36. The smallest absolute Gasteiger partial charge is 0.248 e. The number of rotatable bonds is 5. The molecular weight excluding hydrogens is 436 g/mol. The van der Waals surface area contributed by atoms with Gasteiger partial charge in [-0.15, -0.1) is 0 Å². The first-order valence-electron chi connectivity index (χ1n) is 11.5. The third-order valence-corrected chi connectivity index (χ3v) is 6.13. The number of aromatic nitrogens is 1. The van der Waals surface area contributed by atoms with Gasteiger partial charge in [-0.3, -0.25) is 9.78 Å². The van der Waals surface area contributed by atoms with Crippen LogP contribution in [-0.4, -0.2) is 18.0 Å². The van der Waals surface area contributed by atoms with E-state index in [4.69, 9.17) is 9.15 Å². The van der Waals surface area contributed by atoms with E-state index in [0.29, 0.717) is 5.75 Å². The molecule has 0 bridgehead atoms. The first-order valence-corrected chi connectivity index (χ1v) is 11.5. The lowest BCUT2D eigenvalue weighted by atomic mass is 9.99. The zero-order valence-corrected chi connectivity index (χ0v) is 20.2. The highest BCUT2D eigenvalue weighted by molar-refractivity contribution is 6.09. The molecule has 5 rings (SSSR count). The van der Waals surface area contributed by atoms with Gasteiger partial charge >= 0.3 is 0 Å². The average Bonchev–Trinajstić information content (AvgIpc) is 3.26. The first kappa shape index (κ1) is 22.4. The van der Waals surface area contributed by atoms with Crippen LogP contribution in [0.2, 0.25) is 0 Å². The van der Waals surface area contributed by atoms with E-state index in [9.17, 15) is 4.79 Å². The second-order valence-corrected chi connectivity index (χ2v) is 8.71. The van der Waals surface area contributed by atoms with Crippen molar-refractivity contribution in [3.8, 4) is 16.9 Å². The first-order chi connectivity index (χ1) is 16.9. The zero-order valence-electron chi connectivity index (χ0n) is 20.2. The number of nitrogens with one attached hydrogen (secondary N) is 1. The molecule has 1 amide bonds. The van der Waals surface area contributed by atoms with Gasteiger partial charge in [0.25, 0.3) is 0 Å². The Morgan fingerprint density at radius 3 is 2.54 bits per heavy atom. The van der Waals surface area contributed by atoms with Crippen molar-refractivity contribution >= 4 is 39.0 Å². The van der Waals surface area contributed by atoms with Gasteiger partial charge in [-0.05, 0) is 50.1 Å². The van der Waals surface area contributed by atoms with E-state index in [0.717, 1.165) is 55.5 Å². The third kappa shape index (κ3) is 4.41. The van der Waals surface area contributed by atoms with Gasteiger partial charge < -0.3 is 14.5 Å². The van der Waals surface area contributed by atoms with Gasteiger partial charge in [0.1, 0.15) is 11.3 Å². The van der Waals surface area contributed by atoms with E-state index in [1.807, 2.05) is 56.3 Å². The Kier molecular flexibility index (Phi) is 5.83. The number of allylic oxidation sites excluding steroid dienone is 1. The number of fused-ring (bicyclic) bond motifs is 2. The summed E-state index contributed by atoms with van der Waals surface area (Å²) >= 11 is 0. The number of hydrogen-bond acceptors (Lipinski definition) is 4. The molecular formula is C30H26N2O3. The minimum absolute atomic E-state index is 0.216. The number of anilines is 1. The topological polar surface area (TPSA) is 64.4 Å². The Bertz CT molecular complexity index is 1590. The van der Waals surface area contributed by atoms with Crippen LogP contribution in [0.1, 0.15) is 23.7 Å². The number of ether oxygens (including phenoxy) is 1. The fraction of sp³-hybridized carbons (Fsp3) is 0.133. The highest BCUT2D eigenvalue weighted by Crippen LogP contribution is 2.37. The summed E-state index contributed by atoms with van der Waals surface area (Å²) in [6.45, 7) is 5.89. The maximum atomic E-state index is 13.0. The number of nitrogens with zero attached hydrogens (tertiary/aromatic N) is 1. The second-order valence-electron chi connectivity index (χ2n) is 8.71. The summed E-state index contributed by atoms with van der Waals surface area (Å²) in [5.74, 6) is 0.431. The number of para-hydroxylation sites is 1. The van der Waals surface area contributed by atoms with Gasteiger partial charge in [0, 0.05) is 39.7 Å². The van der Waals surface area contributed by atoms with E-state index >= 15 is 0 Å². The van der Waals surface area contributed by atoms with Crippen LogP contribution in [-0.2, 0) is 4.79 Å². The molecule has 0 aliphatic carbocycles. The number of furan rings is 1. The normalized spacial score (nSPS) is 11.7. The summed E-state index contributed by atoms with van der Waals surface area (Å²) in [7, 11) is 1.62. The number of methoxy groups -OCH3 is 1. The molecule has 0 saturated carbocycles. The Morgan fingerprint density at radius 1 is 1.00 bits per heavy atom. The van der Waals surface area contributed by atoms with Crippen molar-refractivity contribution in [3.05, 3.63) is 95.9 Å². The van der Waals surface area contributed by atoms with Crippen LogP contribution in [0.5, 0.6) is 5.75 Å². The Labute approximate surface area is 204 Å². The van der Waals surface area contributed by atoms with Crippen molar-refractivity contribution in [2.75, 3.05) is 12.4 Å². The quantitative estimate of drug-likeness (QED) is 0.278. The second kappa shape index (κ2) is 9.11. The molecule has 35 heavy (non-hydrogen) atoms. The predicted molar refractivity (Wildman–Crippen MR) is 142 cm³/mol. The molecule has 0 radical (unpaired) electrons. The lowest BCUT2D eigenvalue weighted by molar-refractivity contribution is -0.111. The van der Waals surface area contributed by atoms with E-state index < -0.39 is 0 Å². The molecule has 2 heterocycles. The number of amides is 1. The van der Waals surface area contributed by atoms with Crippen molar-refractivity contribution in [3.63, 3.8) is 0 Å². The van der Waals surface area contributed by atoms with Crippen molar-refractivity contribution in [2.24, 2.45) is 0 Å². The lowest BCUT2D eigenvalue weighted by Crippen LogP contribution is -2.09. The summed E-state index contributed by atoms with van der Waals surface area (Å²) in [5.41, 5.74) is 8.05. The summed E-state index contributed by atoms with van der Waals surface area (Å²) < 4.78 is 11.5. The highest BCUT2D eigenvalue weighted by atomic mass is 16.5. The number of hydrogen-bond donors (Lipinski definition) is 1. The van der Waals surface area contributed by atoms with E-state index in [1.165, 1.54) is 5.56 Å². The molecule has 5 heteroatoms. The molecule has 5 nitrogen and oxygen atoms in total. The molecule has 174 valence electrons. The van der Waals surface area contributed by atoms with Gasteiger partial charge in [0.15, 0.2) is 0 Å². The Hall–Kier alpha value is -4.38. The van der Waals surface area contributed by atoms with Crippen molar-refractivity contribution in [1.82, 2.24) is 4.98 Å². The minimum Gasteiger partial charge on any atom is -0.496 e. The van der Waals surface area contributed by atoms with Crippen LogP contribution in [0.15, 0.2) is 83.5 Å². The van der Waals surface area contributed by atoms with Gasteiger partial charge in [-0.1, -0.05) is 48.0 Å². The number of pyridine rings is 1. The Morgan fingerprint density at radius 2 is 1.77 bits per heavy atom. The molecule has 1 N–H and O–H groups in total. The van der Waals surface area contributed by atoms with Crippen LogP contribution >= 0.6 is 0 Å². The summed E-state index contributed by atoms with van der Waals surface area (Å²) in [5, 5.41) is 4.89. The SMILES string of the molecule is COc1cc2occ(-c3ccc(C)cc3)c2cc1/C(C)=C/C(=O)Nc1cc(C)nc2ccccc12. The van der Waals surface area contributed by atoms with Crippen LogP contribution in [0.25, 0.3) is 38.6 Å². The predicted octanol–water partition coefficient (Wildman–Crippen LogP) is 7.32. The van der Waals surface area contributed by atoms with E-state index in [1.54, 1.807) is 19.4 Å². The molecule has 0 atom stereocenters. The standard InChI is InChI=1S/C30H26N2O3/c1-18-9-11-21(12-10-18)25-17-35-29-16-28(34-4)23(15-24(25)29)19(2)13-30(33)32-27-14-20(3)31-26-8-6-5-7-22(26)27/h5-17H,1-4H3,(H,31,32,33)/b19-13+. The summed E-state index contributed by atoms with van der Waals surface area (Å²) in [6, 6.07) is 21.9. The number of carbonyl (C=O) groups is 1. The molecule has 0 unspecified atom stereocenters. The molecule has 0 aliphatic rings. The fourth-order valence-electron chi connectivity index (χ4n) is 4.34. The van der Waals surface area contributed by atoms with Crippen molar-refractivity contribution < 1.29 is 13.9 Å². The third-order valence-electron chi connectivity index (χ3n) is 6.13. The minimum atomic E-state index is -0.216. The molecule has 0 fully saturated rings. The zero-order chi connectivity index (χ0) is 24.5. The monoisotopic (exact) mass is 462 g/mol. The maximum Gasteiger partial charge on any atom is 0.248 e. The van der Waals surface area contributed by atoms with Gasteiger partial charge in [-0.2, -0.15) is 0 Å². The maximum absolute atomic E-state index is 13.0. The highest BCUT2D eigenvalue weighted by Gasteiger charge is 2.15. The largest absolute Gasteiger partial charge is 0.496 e. The number of aryl methyl sites for hydroxylation is 2. The van der Waals surface area contributed by atoms with Crippen LogP contribution in [0.4, 0.5) is 5.69 Å². The van der Waals surface area contributed by atoms with E-state index in [2.05, 4.69) is 41.5 Å². The summed E-state index contributed by atoms with van der Waals surface area (Å²) in [4.78, 5) is 17.6. The van der Waals surface area contributed by atoms with E-state index in [-0.39, 0.29) is 5.91 Å². The fourth-order valence-corrected chi connectivity index (χ4v) is 4.34. The van der Waals surface area contributed by atoms with Crippen LogP contribution < -0.4 is 10.1 Å². The van der Waals surface area contributed by atoms with Crippen LogP contribution in [0.3, 0.4) is 0 Å². The molecule has 2 aromatic heterocycles. The van der Waals surface area contributed by atoms with Gasteiger partial charge in [0.2, 0.25) is 5.91 Å². The molecule has 3 aromatic carbocycles. The van der Waals surface area contributed by atoms with Crippen molar-refractivity contribution in [1.29, 1.82) is 0 Å². The van der Waals surface area contributed by atoms with Gasteiger partial charge in [0.05, 0.1) is 24.6 Å². The van der Waals surface area contributed by atoms with Crippen LogP contribution in [0, 0.1) is 13.8 Å². The average molecular weight is 463 g/mol. The van der Waals surface area contributed by atoms with Crippen molar-refractivity contribution in [2.45, 2.75) is 20.8 Å². The molecule has 0 spiro atoms. The number of carbonyl (C=O) groups excluding carboxylic acids is 1. The van der Waals surface area contributed by atoms with Gasteiger partial charge in [-0.25, -0.2) is 0 Å². The molecule has 5 aromatic rings. The lowest BCUT2D eigenvalue weighted by Gasteiger charge is -2.11. The molecule has 0 aliphatic heterocycles.